The van der Waals surface area contributed by atoms with Gasteiger partial charge in [0.2, 0.25) is 0 Å². The Bertz CT molecular complexity index is 450. The highest BCUT2D eigenvalue weighted by molar-refractivity contribution is 7.17. The SMILES string of the molecule is CCNCCc1csc2ccc(F)cc12. The zero-order valence-electron chi connectivity index (χ0n) is 8.72. The van der Waals surface area contributed by atoms with E-state index in [4.69, 9.17) is 0 Å². The number of hydrogen-bond donors (Lipinski definition) is 1. The Balaban J connectivity index is 2.23. The molecular formula is C12H14FNS. The van der Waals surface area contributed by atoms with Crippen LogP contribution in [-0.4, -0.2) is 13.1 Å². The lowest BCUT2D eigenvalue weighted by Crippen LogP contribution is -2.15. The van der Waals surface area contributed by atoms with E-state index in [0.29, 0.717) is 0 Å². The Morgan fingerprint density at radius 3 is 3.07 bits per heavy atom. The molecule has 1 nitrogen and oxygen atoms in total. The first-order valence-corrected chi connectivity index (χ1v) is 6.05. The van der Waals surface area contributed by atoms with Crippen LogP contribution in [0.2, 0.25) is 0 Å². The van der Waals surface area contributed by atoms with Gasteiger partial charge in [-0.05, 0) is 54.0 Å². The van der Waals surface area contributed by atoms with E-state index in [2.05, 4.69) is 17.6 Å². The summed E-state index contributed by atoms with van der Waals surface area (Å²) in [5.41, 5.74) is 1.25. The Hall–Kier alpha value is -0.930. The fourth-order valence-corrected chi connectivity index (χ4v) is 2.63. The van der Waals surface area contributed by atoms with Gasteiger partial charge in [0.1, 0.15) is 5.82 Å². The Kier molecular flexibility index (Phi) is 3.34. The lowest BCUT2D eigenvalue weighted by Gasteiger charge is -2.00. The number of likely N-dealkylation sites (N-methyl/N-ethyl adjacent to an activating group) is 1. The Morgan fingerprint density at radius 1 is 1.40 bits per heavy atom. The van der Waals surface area contributed by atoms with Crippen molar-refractivity contribution in [3.05, 3.63) is 35.0 Å². The standard InChI is InChI=1S/C12H14FNS/c1-2-14-6-5-9-8-15-12-4-3-10(13)7-11(9)12/h3-4,7-8,14H,2,5-6H2,1H3. The summed E-state index contributed by atoms with van der Waals surface area (Å²) in [5, 5.41) is 6.47. The summed E-state index contributed by atoms with van der Waals surface area (Å²) in [6.07, 6.45) is 0.970. The molecule has 3 heteroatoms. The van der Waals surface area contributed by atoms with Crippen molar-refractivity contribution in [2.45, 2.75) is 13.3 Å². The van der Waals surface area contributed by atoms with Crippen molar-refractivity contribution in [3.63, 3.8) is 0 Å². The third kappa shape index (κ3) is 2.36. The molecule has 1 N–H and O–H groups in total. The molecule has 80 valence electrons. The van der Waals surface area contributed by atoms with Crippen LogP contribution in [0.15, 0.2) is 23.6 Å². The number of hydrogen-bond acceptors (Lipinski definition) is 2. The molecule has 0 saturated heterocycles. The van der Waals surface area contributed by atoms with Crippen molar-refractivity contribution < 1.29 is 4.39 Å². The summed E-state index contributed by atoms with van der Waals surface area (Å²) in [6, 6.07) is 5.01. The summed E-state index contributed by atoms with van der Waals surface area (Å²) in [4.78, 5) is 0. The molecular weight excluding hydrogens is 209 g/mol. The van der Waals surface area contributed by atoms with E-state index in [-0.39, 0.29) is 5.82 Å². The molecule has 0 aliphatic heterocycles. The molecule has 1 aromatic carbocycles. The van der Waals surface area contributed by atoms with Crippen molar-refractivity contribution in [2.24, 2.45) is 0 Å². The van der Waals surface area contributed by atoms with Gasteiger partial charge < -0.3 is 5.32 Å². The van der Waals surface area contributed by atoms with Crippen LogP contribution in [0.4, 0.5) is 4.39 Å². The summed E-state index contributed by atoms with van der Waals surface area (Å²) < 4.78 is 14.2. The molecule has 0 fully saturated rings. The summed E-state index contributed by atoms with van der Waals surface area (Å²) >= 11 is 1.69. The van der Waals surface area contributed by atoms with Crippen molar-refractivity contribution in [3.8, 4) is 0 Å². The number of thiophene rings is 1. The zero-order chi connectivity index (χ0) is 10.7. The monoisotopic (exact) mass is 223 g/mol. The molecule has 0 bridgehead atoms. The largest absolute Gasteiger partial charge is 0.317 e. The quantitative estimate of drug-likeness (QED) is 0.785. The average Bonchev–Trinajstić information content (AvgIpc) is 2.62. The minimum absolute atomic E-state index is 0.148. The van der Waals surface area contributed by atoms with Crippen LogP contribution in [0.25, 0.3) is 10.1 Å². The van der Waals surface area contributed by atoms with Gasteiger partial charge >= 0.3 is 0 Å². The maximum atomic E-state index is 13.1. The molecule has 0 radical (unpaired) electrons. The van der Waals surface area contributed by atoms with E-state index in [1.54, 1.807) is 17.4 Å². The van der Waals surface area contributed by atoms with E-state index in [0.717, 1.165) is 24.9 Å². The van der Waals surface area contributed by atoms with E-state index >= 15 is 0 Å². The lowest BCUT2D eigenvalue weighted by atomic mass is 10.1. The Morgan fingerprint density at radius 2 is 2.27 bits per heavy atom. The van der Waals surface area contributed by atoms with Gasteiger partial charge in [-0.25, -0.2) is 4.39 Å². The van der Waals surface area contributed by atoms with Crippen molar-refractivity contribution in [1.82, 2.24) is 5.32 Å². The molecule has 2 rings (SSSR count). The maximum Gasteiger partial charge on any atom is 0.123 e. The minimum Gasteiger partial charge on any atom is -0.317 e. The third-order valence-electron chi connectivity index (χ3n) is 2.44. The number of rotatable bonds is 4. The third-order valence-corrected chi connectivity index (χ3v) is 3.45. The van der Waals surface area contributed by atoms with E-state index in [1.807, 2.05) is 6.07 Å². The fraction of sp³-hybridized carbons (Fsp3) is 0.333. The van der Waals surface area contributed by atoms with Gasteiger partial charge in [-0.1, -0.05) is 6.92 Å². The molecule has 1 heterocycles. The average molecular weight is 223 g/mol. The van der Waals surface area contributed by atoms with Crippen LogP contribution >= 0.6 is 11.3 Å². The van der Waals surface area contributed by atoms with Crippen molar-refractivity contribution >= 4 is 21.4 Å². The van der Waals surface area contributed by atoms with Gasteiger partial charge in [-0.3, -0.25) is 0 Å². The van der Waals surface area contributed by atoms with Gasteiger partial charge in [0.25, 0.3) is 0 Å². The number of benzene rings is 1. The maximum absolute atomic E-state index is 13.1. The molecule has 0 aliphatic carbocycles. The van der Waals surface area contributed by atoms with Gasteiger partial charge in [0, 0.05) is 4.70 Å². The first-order chi connectivity index (χ1) is 7.31. The van der Waals surface area contributed by atoms with Crippen LogP contribution in [0.3, 0.4) is 0 Å². The first-order valence-electron chi connectivity index (χ1n) is 5.17. The second-order valence-electron chi connectivity index (χ2n) is 3.50. The molecule has 0 aliphatic rings. The summed E-state index contributed by atoms with van der Waals surface area (Å²) in [7, 11) is 0. The Labute approximate surface area is 92.9 Å². The van der Waals surface area contributed by atoms with Crippen LogP contribution in [0, 0.1) is 5.82 Å². The molecule has 2 aromatic rings. The first kappa shape index (κ1) is 10.6. The zero-order valence-corrected chi connectivity index (χ0v) is 9.53. The van der Waals surface area contributed by atoms with Crippen LogP contribution in [0.5, 0.6) is 0 Å². The number of nitrogens with one attached hydrogen (secondary N) is 1. The minimum atomic E-state index is -0.148. The van der Waals surface area contributed by atoms with Gasteiger partial charge in [0.05, 0.1) is 0 Å². The molecule has 0 unspecified atom stereocenters. The number of halogens is 1. The van der Waals surface area contributed by atoms with Crippen molar-refractivity contribution in [1.29, 1.82) is 0 Å². The molecule has 1 aromatic heterocycles. The topological polar surface area (TPSA) is 12.0 Å². The summed E-state index contributed by atoms with van der Waals surface area (Å²) in [5.74, 6) is -0.148. The van der Waals surface area contributed by atoms with Crippen LogP contribution in [-0.2, 0) is 6.42 Å². The van der Waals surface area contributed by atoms with Gasteiger partial charge in [-0.15, -0.1) is 11.3 Å². The van der Waals surface area contributed by atoms with E-state index in [9.17, 15) is 4.39 Å². The second kappa shape index (κ2) is 4.73. The highest BCUT2D eigenvalue weighted by atomic mass is 32.1. The van der Waals surface area contributed by atoms with Crippen LogP contribution < -0.4 is 5.32 Å². The predicted octanol–water partition coefficient (Wildman–Crippen LogP) is 3.19. The number of fused-ring (bicyclic) bond motifs is 1. The normalized spacial score (nSPS) is 11.1. The van der Waals surface area contributed by atoms with Gasteiger partial charge in [0.15, 0.2) is 0 Å². The molecule has 0 amide bonds. The van der Waals surface area contributed by atoms with E-state index < -0.39 is 0 Å². The highest BCUT2D eigenvalue weighted by Crippen LogP contribution is 2.26. The smallest absolute Gasteiger partial charge is 0.123 e. The van der Waals surface area contributed by atoms with Crippen LogP contribution in [0.1, 0.15) is 12.5 Å². The molecule has 15 heavy (non-hydrogen) atoms. The lowest BCUT2D eigenvalue weighted by molar-refractivity contribution is 0.629. The van der Waals surface area contributed by atoms with Crippen molar-refractivity contribution in [2.75, 3.05) is 13.1 Å². The molecule has 0 saturated carbocycles. The summed E-state index contributed by atoms with van der Waals surface area (Å²) in [6.45, 7) is 4.03. The van der Waals surface area contributed by atoms with Gasteiger partial charge in [-0.2, -0.15) is 0 Å². The highest BCUT2D eigenvalue weighted by Gasteiger charge is 2.04. The molecule has 0 atom stereocenters. The second-order valence-corrected chi connectivity index (χ2v) is 4.42. The molecule has 0 spiro atoms. The predicted molar refractivity (Wildman–Crippen MR) is 64.0 cm³/mol. The van der Waals surface area contributed by atoms with E-state index in [1.165, 1.54) is 16.3 Å². The fourth-order valence-electron chi connectivity index (χ4n) is 1.65.